The Labute approximate surface area is 209 Å². The van der Waals surface area contributed by atoms with Crippen molar-refractivity contribution in [1.82, 2.24) is 0 Å². The molecule has 37 heavy (non-hydrogen) atoms. The summed E-state index contributed by atoms with van der Waals surface area (Å²) in [5.41, 5.74) is 1.40. The van der Waals surface area contributed by atoms with Crippen molar-refractivity contribution in [2.75, 3.05) is 0 Å². The van der Waals surface area contributed by atoms with Gasteiger partial charge in [0.05, 0.1) is 11.1 Å². The molecule has 0 bridgehead atoms. The predicted octanol–water partition coefficient (Wildman–Crippen LogP) is 7.25. The Morgan fingerprint density at radius 1 is 0.514 bits per heavy atom. The van der Waals surface area contributed by atoms with Crippen LogP contribution < -0.4 is 10.9 Å². The number of benzene rings is 5. The summed E-state index contributed by atoms with van der Waals surface area (Å²) in [7, 11) is 0. The number of aromatic hydroxyl groups is 1. The molecule has 0 spiro atoms. The number of fused-ring (bicyclic) bond motifs is 4. The molecule has 0 saturated carbocycles. The quantitative estimate of drug-likeness (QED) is 0.263. The fraction of sp³-hybridized carbons (Fsp3) is 0. The lowest BCUT2D eigenvalue weighted by Crippen LogP contribution is -2.09. The van der Waals surface area contributed by atoms with Gasteiger partial charge in [-0.1, -0.05) is 84.9 Å². The van der Waals surface area contributed by atoms with Gasteiger partial charge in [0.1, 0.15) is 40.2 Å². The van der Waals surface area contributed by atoms with Crippen LogP contribution in [0.15, 0.2) is 122 Å². The van der Waals surface area contributed by atoms with Crippen molar-refractivity contribution >= 4 is 43.5 Å². The third-order valence-electron chi connectivity index (χ3n) is 6.94. The van der Waals surface area contributed by atoms with Gasteiger partial charge in [0.2, 0.25) is 10.9 Å². The van der Waals surface area contributed by atoms with Crippen molar-refractivity contribution < 1.29 is 13.9 Å². The van der Waals surface area contributed by atoms with Gasteiger partial charge >= 0.3 is 0 Å². The van der Waals surface area contributed by atoms with E-state index in [0.717, 1.165) is 21.5 Å². The summed E-state index contributed by atoms with van der Waals surface area (Å²) in [5.74, 6) is -0.445. The molecule has 7 rings (SSSR count). The van der Waals surface area contributed by atoms with Crippen LogP contribution in [0.2, 0.25) is 0 Å². The summed E-state index contributed by atoms with van der Waals surface area (Å²) >= 11 is 0. The Morgan fingerprint density at radius 2 is 0.946 bits per heavy atom. The standard InChI is InChI=1S/C32H18O5/c33-30-24(22-13-5-9-18-7-1-3-11-20(18)22)16-36-26-15-27-29(32(35)28(26)30)31(34)25(17-37-27)23-14-6-10-19-8-2-4-12-21(19)23/h1-17,35H. The number of hydrogen-bond acceptors (Lipinski definition) is 5. The number of phenols is 1. The average molecular weight is 482 g/mol. The van der Waals surface area contributed by atoms with Crippen LogP contribution in [0.1, 0.15) is 0 Å². The zero-order chi connectivity index (χ0) is 25.1. The highest BCUT2D eigenvalue weighted by molar-refractivity contribution is 6.05. The molecule has 2 heterocycles. The second kappa shape index (κ2) is 7.93. The Bertz CT molecular complexity index is 1990. The Morgan fingerprint density at radius 3 is 1.43 bits per heavy atom. The van der Waals surface area contributed by atoms with Crippen molar-refractivity contribution in [2.45, 2.75) is 0 Å². The molecular formula is C32H18O5. The monoisotopic (exact) mass is 482 g/mol. The highest BCUT2D eigenvalue weighted by atomic mass is 16.3. The predicted molar refractivity (Wildman–Crippen MR) is 146 cm³/mol. The lowest BCUT2D eigenvalue weighted by molar-refractivity contribution is 0.483. The third kappa shape index (κ3) is 3.11. The van der Waals surface area contributed by atoms with E-state index in [1.165, 1.54) is 18.6 Å². The van der Waals surface area contributed by atoms with Crippen molar-refractivity contribution in [3.63, 3.8) is 0 Å². The van der Waals surface area contributed by atoms with E-state index >= 15 is 0 Å². The Kier molecular flexibility index (Phi) is 4.53. The third-order valence-corrected chi connectivity index (χ3v) is 6.94. The van der Waals surface area contributed by atoms with Crippen molar-refractivity contribution in [2.24, 2.45) is 0 Å². The topological polar surface area (TPSA) is 80.7 Å². The highest BCUT2D eigenvalue weighted by Gasteiger charge is 2.21. The van der Waals surface area contributed by atoms with Crippen LogP contribution >= 0.6 is 0 Å². The van der Waals surface area contributed by atoms with E-state index in [9.17, 15) is 14.7 Å². The van der Waals surface area contributed by atoms with Crippen molar-refractivity contribution in [3.05, 3.63) is 124 Å². The maximum absolute atomic E-state index is 13.7. The first-order chi connectivity index (χ1) is 18.1. The van der Waals surface area contributed by atoms with E-state index in [1.54, 1.807) is 0 Å². The summed E-state index contributed by atoms with van der Waals surface area (Å²) in [6, 6.07) is 28.3. The molecule has 0 saturated heterocycles. The van der Waals surface area contributed by atoms with Gasteiger partial charge < -0.3 is 13.9 Å². The molecule has 0 aliphatic heterocycles. The van der Waals surface area contributed by atoms with E-state index in [0.29, 0.717) is 22.3 Å². The largest absolute Gasteiger partial charge is 0.506 e. The molecule has 5 heteroatoms. The van der Waals surface area contributed by atoms with Crippen LogP contribution in [0.4, 0.5) is 0 Å². The summed E-state index contributed by atoms with van der Waals surface area (Å²) in [6.45, 7) is 0. The first-order valence-electron chi connectivity index (χ1n) is 11.8. The van der Waals surface area contributed by atoms with Gasteiger partial charge in [-0.05, 0) is 32.7 Å². The molecule has 2 aromatic heterocycles. The van der Waals surface area contributed by atoms with E-state index in [1.807, 2.05) is 84.9 Å². The lowest BCUT2D eigenvalue weighted by atomic mass is 9.96. The molecule has 176 valence electrons. The number of phenolic OH excluding ortho intramolecular Hbond substituents is 1. The minimum absolute atomic E-state index is 0.0553. The molecule has 0 aliphatic carbocycles. The van der Waals surface area contributed by atoms with Gasteiger partial charge in [-0.3, -0.25) is 9.59 Å². The van der Waals surface area contributed by atoms with Gasteiger partial charge in [0.25, 0.3) is 0 Å². The SMILES string of the molecule is O=c1c(-c2cccc3ccccc23)coc2cc3occ(-c4cccc5ccccc45)c(=O)c3c(O)c12. The first kappa shape index (κ1) is 21.1. The zero-order valence-corrected chi connectivity index (χ0v) is 19.4. The minimum Gasteiger partial charge on any atom is -0.506 e. The van der Waals surface area contributed by atoms with Crippen LogP contribution in [0.25, 0.3) is 65.7 Å². The van der Waals surface area contributed by atoms with Crippen LogP contribution in [0.3, 0.4) is 0 Å². The Balaban J connectivity index is 1.53. The molecule has 0 unspecified atom stereocenters. The highest BCUT2D eigenvalue weighted by Crippen LogP contribution is 2.35. The van der Waals surface area contributed by atoms with Crippen LogP contribution in [-0.2, 0) is 0 Å². The molecule has 0 aliphatic rings. The van der Waals surface area contributed by atoms with Gasteiger partial charge in [-0.2, -0.15) is 0 Å². The van der Waals surface area contributed by atoms with Gasteiger partial charge in [0.15, 0.2) is 0 Å². The van der Waals surface area contributed by atoms with Crippen LogP contribution in [0, 0.1) is 0 Å². The molecule has 7 aromatic rings. The molecule has 1 N–H and O–H groups in total. The van der Waals surface area contributed by atoms with E-state index in [2.05, 4.69) is 0 Å². The van der Waals surface area contributed by atoms with E-state index in [-0.39, 0.29) is 21.9 Å². The first-order valence-corrected chi connectivity index (χ1v) is 11.8. The smallest absolute Gasteiger partial charge is 0.204 e. The summed E-state index contributed by atoms with van der Waals surface area (Å²) in [5, 5.41) is 14.9. The lowest BCUT2D eigenvalue weighted by Gasteiger charge is -2.10. The summed E-state index contributed by atoms with van der Waals surface area (Å²) in [6.07, 6.45) is 2.78. The maximum atomic E-state index is 13.7. The van der Waals surface area contributed by atoms with Gasteiger partial charge in [-0.15, -0.1) is 0 Å². The fourth-order valence-electron chi connectivity index (χ4n) is 5.16. The molecule has 0 atom stereocenters. The molecule has 0 fully saturated rings. The number of hydrogen-bond donors (Lipinski definition) is 1. The molecule has 0 radical (unpaired) electrons. The molecule has 0 amide bonds. The normalized spacial score (nSPS) is 11.6. The molecule has 5 nitrogen and oxygen atoms in total. The van der Waals surface area contributed by atoms with E-state index in [4.69, 9.17) is 8.83 Å². The van der Waals surface area contributed by atoms with Crippen molar-refractivity contribution in [3.8, 4) is 28.0 Å². The van der Waals surface area contributed by atoms with Crippen molar-refractivity contribution in [1.29, 1.82) is 0 Å². The second-order valence-electron chi connectivity index (χ2n) is 8.98. The number of rotatable bonds is 2. The van der Waals surface area contributed by atoms with Crippen LogP contribution in [-0.4, -0.2) is 5.11 Å². The average Bonchev–Trinajstić information content (AvgIpc) is 2.93. The van der Waals surface area contributed by atoms with Gasteiger partial charge in [0, 0.05) is 6.07 Å². The summed E-state index contributed by atoms with van der Waals surface area (Å²) < 4.78 is 11.6. The summed E-state index contributed by atoms with van der Waals surface area (Å²) in [4.78, 5) is 27.5. The molecular weight excluding hydrogens is 464 g/mol. The van der Waals surface area contributed by atoms with Gasteiger partial charge in [-0.25, -0.2) is 0 Å². The maximum Gasteiger partial charge on any atom is 0.204 e. The minimum atomic E-state index is -0.445. The zero-order valence-electron chi connectivity index (χ0n) is 19.4. The fourth-order valence-corrected chi connectivity index (χ4v) is 5.16. The van der Waals surface area contributed by atoms with Crippen LogP contribution in [0.5, 0.6) is 5.75 Å². The second-order valence-corrected chi connectivity index (χ2v) is 8.98. The molecule has 5 aromatic carbocycles. The van der Waals surface area contributed by atoms with E-state index < -0.39 is 16.6 Å². The Hall–Kier alpha value is -5.16.